The first-order valence-electron chi connectivity index (χ1n) is 4.60. The molecule has 3 unspecified atom stereocenters. The van der Waals surface area contributed by atoms with Gasteiger partial charge in [-0.15, -0.1) is 0 Å². The van der Waals surface area contributed by atoms with Crippen molar-refractivity contribution >= 4 is 5.91 Å². The minimum Gasteiger partial charge on any atom is -0.354 e. The molecule has 1 aliphatic carbocycles. The van der Waals surface area contributed by atoms with E-state index in [1.165, 1.54) is 6.42 Å². The van der Waals surface area contributed by atoms with Crippen molar-refractivity contribution in [1.82, 2.24) is 10.6 Å². The largest absolute Gasteiger partial charge is 0.354 e. The third kappa shape index (κ3) is 2.48. The van der Waals surface area contributed by atoms with E-state index >= 15 is 0 Å². The molecule has 0 aromatic rings. The predicted octanol–water partition coefficient (Wildman–Crippen LogP) is 0.366. The Morgan fingerprint density at radius 1 is 1.67 bits per heavy atom. The highest BCUT2D eigenvalue weighted by molar-refractivity contribution is 5.81. The van der Waals surface area contributed by atoms with Crippen LogP contribution in [0.1, 0.15) is 20.3 Å². The van der Waals surface area contributed by atoms with Gasteiger partial charge in [0.1, 0.15) is 0 Å². The highest BCUT2D eigenvalue weighted by Gasteiger charge is 2.32. The molecular weight excluding hydrogens is 152 g/mol. The lowest BCUT2D eigenvalue weighted by molar-refractivity contribution is -0.122. The summed E-state index contributed by atoms with van der Waals surface area (Å²) in [5, 5.41) is 5.83. The summed E-state index contributed by atoms with van der Waals surface area (Å²) in [6.45, 7) is 4.94. The molecule has 0 spiro atoms. The van der Waals surface area contributed by atoms with E-state index < -0.39 is 0 Å². The van der Waals surface area contributed by atoms with Crippen LogP contribution in [0, 0.1) is 11.8 Å². The molecule has 70 valence electrons. The summed E-state index contributed by atoms with van der Waals surface area (Å²) in [6, 6.07) is -0.0703. The molecule has 1 aliphatic rings. The summed E-state index contributed by atoms with van der Waals surface area (Å²) in [5.41, 5.74) is 0. The fraction of sp³-hybridized carbons (Fsp3) is 0.889. The summed E-state index contributed by atoms with van der Waals surface area (Å²) in [6.07, 6.45) is 1.27. The molecule has 3 heteroatoms. The number of hydrogen-bond donors (Lipinski definition) is 2. The molecule has 0 bridgehead atoms. The summed E-state index contributed by atoms with van der Waals surface area (Å²) in [7, 11) is 1.80. The molecule has 0 heterocycles. The lowest BCUT2D eigenvalue weighted by Gasteiger charge is -2.10. The van der Waals surface area contributed by atoms with Crippen molar-refractivity contribution in [3.63, 3.8) is 0 Å². The van der Waals surface area contributed by atoms with Crippen LogP contribution in [0.15, 0.2) is 0 Å². The van der Waals surface area contributed by atoms with Crippen molar-refractivity contribution in [2.75, 3.05) is 13.6 Å². The van der Waals surface area contributed by atoms with Gasteiger partial charge in [-0.2, -0.15) is 0 Å². The van der Waals surface area contributed by atoms with Gasteiger partial charge in [0.2, 0.25) is 5.91 Å². The lowest BCUT2D eigenvalue weighted by Crippen LogP contribution is -2.41. The van der Waals surface area contributed by atoms with Crippen LogP contribution < -0.4 is 10.6 Å². The number of carbonyl (C=O) groups is 1. The Labute approximate surface area is 73.9 Å². The molecule has 12 heavy (non-hydrogen) atoms. The van der Waals surface area contributed by atoms with E-state index in [4.69, 9.17) is 0 Å². The number of rotatable bonds is 4. The summed E-state index contributed by atoms with van der Waals surface area (Å²) >= 11 is 0. The Bertz CT molecular complexity index is 170. The van der Waals surface area contributed by atoms with Crippen LogP contribution in [-0.4, -0.2) is 25.5 Å². The first-order chi connectivity index (χ1) is 5.65. The van der Waals surface area contributed by atoms with Crippen molar-refractivity contribution in [1.29, 1.82) is 0 Å². The topological polar surface area (TPSA) is 41.1 Å². The van der Waals surface area contributed by atoms with Crippen LogP contribution in [0.25, 0.3) is 0 Å². The van der Waals surface area contributed by atoms with Gasteiger partial charge >= 0.3 is 0 Å². The fourth-order valence-corrected chi connectivity index (χ4v) is 1.20. The van der Waals surface area contributed by atoms with Gasteiger partial charge < -0.3 is 10.6 Å². The monoisotopic (exact) mass is 170 g/mol. The number of amides is 1. The SMILES string of the molecule is CNC(C)C(=O)NCC1CC1C. The van der Waals surface area contributed by atoms with Gasteiger partial charge in [0.05, 0.1) is 6.04 Å². The maximum Gasteiger partial charge on any atom is 0.236 e. The Morgan fingerprint density at radius 3 is 2.67 bits per heavy atom. The van der Waals surface area contributed by atoms with Gasteiger partial charge in [-0.05, 0) is 32.2 Å². The van der Waals surface area contributed by atoms with Gasteiger partial charge in [0.25, 0.3) is 0 Å². The van der Waals surface area contributed by atoms with Crippen molar-refractivity contribution < 1.29 is 4.79 Å². The zero-order chi connectivity index (χ0) is 9.14. The first kappa shape index (κ1) is 9.52. The standard InChI is InChI=1S/C9H18N2O/c1-6-4-8(6)5-11-9(12)7(2)10-3/h6-8,10H,4-5H2,1-3H3,(H,11,12). The second-order valence-corrected chi connectivity index (χ2v) is 3.73. The summed E-state index contributed by atoms with van der Waals surface area (Å²) in [5.74, 6) is 1.66. The highest BCUT2D eigenvalue weighted by Crippen LogP contribution is 2.36. The Balaban J connectivity index is 2.10. The van der Waals surface area contributed by atoms with E-state index in [9.17, 15) is 4.79 Å². The Hall–Kier alpha value is -0.570. The van der Waals surface area contributed by atoms with Crippen molar-refractivity contribution in [3.8, 4) is 0 Å². The maximum atomic E-state index is 11.2. The van der Waals surface area contributed by atoms with E-state index in [1.807, 2.05) is 6.92 Å². The average molecular weight is 170 g/mol. The molecule has 0 aromatic heterocycles. The highest BCUT2D eigenvalue weighted by atomic mass is 16.2. The third-order valence-electron chi connectivity index (χ3n) is 2.64. The molecule has 3 nitrogen and oxygen atoms in total. The van der Waals surface area contributed by atoms with Gasteiger partial charge in [-0.3, -0.25) is 4.79 Å². The molecule has 3 atom stereocenters. The van der Waals surface area contributed by atoms with Crippen molar-refractivity contribution in [2.24, 2.45) is 11.8 Å². The quantitative estimate of drug-likeness (QED) is 0.640. The smallest absolute Gasteiger partial charge is 0.236 e. The minimum atomic E-state index is -0.0703. The predicted molar refractivity (Wildman–Crippen MR) is 48.8 cm³/mol. The van der Waals surface area contributed by atoms with Crippen LogP contribution in [0.2, 0.25) is 0 Å². The lowest BCUT2D eigenvalue weighted by atomic mass is 10.3. The maximum absolute atomic E-state index is 11.2. The molecule has 0 saturated heterocycles. The van der Waals surface area contributed by atoms with Gasteiger partial charge in [-0.25, -0.2) is 0 Å². The fourth-order valence-electron chi connectivity index (χ4n) is 1.20. The van der Waals surface area contributed by atoms with E-state index in [2.05, 4.69) is 17.6 Å². The van der Waals surface area contributed by atoms with E-state index in [0.29, 0.717) is 0 Å². The second-order valence-electron chi connectivity index (χ2n) is 3.73. The minimum absolute atomic E-state index is 0.0703. The van der Waals surface area contributed by atoms with Crippen molar-refractivity contribution in [3.05, 3.63) is 0 Å². The molecule has 0 aliphatic heterocycles. The molecule has 2 N–H and O–H groups in total. The molecule has 1 rings (SSSR count). The van der Waals surface area contributed by atoms with Crippen LogP contribution in [0.3, 0.4) is 0 Å². The third-order valence-corrected chi connectivity index (χ3v) is 2.64. The Morgan fingerprint density at radius 2 is 2.25 bits per heavy atom. The van der Waals surface area contributed by atoms with E-state index in [0.717, 1.165) is 18.4 Å². The van der Waals surface area contributed by atoms with Gasteiger partial charge in [-0.1, -0.05) is 6.92 Å². The summed E-state index contributed by atoms with van der Waals surface area (Å²) in [4.78, 5) is 11.2. The number of hydrogen-bond acceptors (Lipinski definition) is 2. The zero-order valence-corrected chi connectivity index (χ0v) is 8.05. The number of carbonyl (C=O) groups excluding carboxylic acids is 1. The molecular formula is C9H18N2O. The molecule has 0 radical (unpaired) electrons. The number of nitrogens with one attached hydrogen (secondary N) is 2. The first-order valence-corrected chi connectivity index (χ1v) is 4.60. The average Bonchev–Trinajstić information content (AvgIpc) is 2.76. The molecule has 1 fully saturated rings. The molecule has 0 aromatic carbocycles. The zero-order valence-electron chi connectivity index (χ0n) is 8.05. The normalized spacial score (nSPS) is 29.6. The van der Waals surface area contributed by atoms with Crippen LogP contribution in [-0.2, 0) is 4.79 Å². The molecule has 1 saturated carbocycles. The van der Waals surface area contributed by atoms with E-state index in [-0.39, 0.29) is 11.9 Å². The molecule has 1 amide bonds. The summed E-state index contributed by atoms with van der Waals surface area (Å²) < 4.78 is 0. The van der Waals surface area contributed by atoms with E-state index in [1.54, 1.807) is 7.05 Å². The van der Waals surface area contributed by atoms with Crippen LogP contribution in [0.4, 0.5) is 0 Å². The van der Waals surface area contributed by atoms with Gasteiger partial charge in [0.15, 0.2) is 0 Å². The van der Waals surface area contributed by atoms with Crippen molar-refractivity contribution in [2.45, 2.75) is 26.3 Å². The van der Waals surface area contributed by atoms with Gasteiger partial charge in [0, 0.05) is 6.54 Å². The number of likely N-dealkylation sites (N-methyl/N-ethyl adjacent to an activating group) is 1. The van der Waals surface area contributed by atoms with Crippen LogP contribution in [0.5, 0.6) is 0 Å². The second kappa shape index (κ2) is 3.90. The van der Waals surface area contributed by atoms with Crippen LogP contribution >= 0.6 is 0 Å². The Kier molecular flexibility index (Phi) is 3.09.